The molecule has 0 radical (unpaired) electrons. The van der Waals surface area contributed by atoms with Crippen LogP contribution in [0.3, 0.4) is 0 Å². The van der Waals surface area contributed by atoms with Gasteiger partial charge in [0.25, 0.3) is 5.91 Å². The van der Waals surface area contributed by atoms with Crippen molar-refractivity contribution in [2.45, 2.75) is 26.4 Å². The van der Waals surface area contributed by atoms with Gasteiger partial charge in [-0.1, -0.05) is 11.2 Å². The van der Waals surface area contributed by atoms with Crippen LogP contribution in [0.25, 0.3) is 0 Å². The zero-order chi connectivity index (χ0) is 26.0. The maximum atomic E-state index is 13.6. The number of Topliss-reactive ketones (excluding diaryl/α,β-unsaturated/α-hetero) is 1. The molecular weight excluding hydrogens is 473 g/mol. The van der Waals surface area contributed by atoms with E-state index in [1.165, 1.54) is 12.3 Å². The Balaban J connectivity index is 1.53. The molecule has 1 aliphatic heterocycles. The number of hydrogen-bond donors (Lipinski definition) is 1. The SMILES string of the molecule is Cc1cc(NC(=O)c2cc(N3CCN(C)CC3)cc(C(F)(F)F)c2)ccc1CC(=O)c1cnoc1C. The number of ketones is 1. The van der Waals surface area contributed by atoms with E-state index in [0.717, 1.165) is 36.3 Å². The molecule has 1 saturated heterocycles. The van der Waals surface area contributed by atoms with Gasteiger partial charge >= 0.3 is 6.18 Å². The summed E-state index contributed by atoms with van der Waals surface area (Å²) in [4.78, 5) is 29.5. The molecule has 36 heavy (non-hydrogen) atoms. The zero-order valence-electron chi connectivity index (χ0n) is 20.3. The van der Waals surface area contributed by atoms with Crippen LogP contribution in [0.5, 0.6) is 0 Å². The largest absolute Gasteiger partial charge is 0.416 e. The Hall–Kier alpha value is -3.66. The lowest BCUT2D eigenvalue weighted by atomic mass is 9.99. The quantitative estimate of drug-likeness (QED) is 0.493. The Bertz CT molecular complexity index is 1280. The van der Waals surface area contributed by atoms with E-state index in [1.807, 2.05) is 11.9 Å². The monoisotopic (exact) mass is 500 g/mol. The van der Waals surface area contributed by atoms with E-state index in [2.05, 4.69) is 15.4 Å². The Morgan fingerprint density at radius 3 is 2.39 bits per heavy atom. The minimum absolute atomic E-state index is 0.0707. The number of aryl methyl sites for hydroxylation is 2. The molecule has 0 bridgehead atoms. The molecule has 1 aliphatic rings. The van der Waals surface area contributed by atoms with E-state index in [1.54, 1.807) is 32.0 Å². The van der Waals surface area contributed by atoms with Crippen LogP contribution in [0.15, 0.2) is 47.1 Å². The van der Waals surface area contributed by atoms with E-state index < -0.39 is 17.6 Å². The van der Waals surface area contributed by atoms with Crippen molar-refractivity contribution in [2.24, 2.45) is 0 Å². The number of benzene rings is 2. The summed E-state index contributed by atoms with van der Waals surface area (Å²) >= 11 is 0. The lowest BCUT2D eigenvalue weighted by Crippen LogP contribution is -2.44. The van der Waals surface area contributed by atoms with Crippen molar-refractivity contribution in [3.8, 4) is 0 Å². The van der Waals surface area contributed by atoms with E-state index in [4.69, 9.17) is 4.52 Å². The van der Waals surface area contributed by atoms with Crippen molar-refractivity contribution in [1.29, 1.82) is 0 Å². The highest BCUT2D eigenvalue weighted by Gasteiger charge is 2.32. The highest BCUT2D eigenvalue weighted by molar-refractivity contribution is 6.05. The first-order valence-electron chi connectivity index (χ1n) is 11.5. The van der Waals surface area contributed by atoms with Crippen molar-refractivity contribution in [3.05, 3.63) is 76.2 Å². The third-order valence-corrected chi connectivity index (χ3v) is 6.38. The van der Waals surface area contributed by atoms with Crippen LogP contribution >= 0.6 is 0 Å². The number of carbonyl (C=O) groups excluding carboxylic acids is 2. The van der Waals surface area contributed by atoms with Crippen LogP contribution in [-0.4, -0.2) is 55.0 Å². The molecule has 1 aromatic heterocycles. The lowest BCUT2D eigenvalue weighted by Gasteiger charge is -2.34. The van der Waals surface area contributed by atoms with Crippen LogP contribution in [0, 0.1) is 13.8 Å². The molecule has 10 heteroatoms. The molecule has 190 valence electrons. The normalized spacial score (nSPS) is 14.7. The van der Waals surface area contributed by atoms with E-state index in [0.29, 0.717) is 35.8 Å². The molecule has 0 atom stereocenters. The summed E-state index contributed by atoms with van der Waals surface area (Å²) in [5.41, 5.74) is 1.79. The average molecular weight is 501 g/mol. The number of nitrogens with one attached hydrogen (secondary N) is 1. The average Bonchev–Trinajstić information content (AvgIpc) is 3.26. The first-order valence-corrected chi connectivity index (χ1v) is 11.5. The molecule has 3 aromatic rings. The molecule has 1 N–H and O–H groups in total. The first-order chi connectivity index (χ1) is 17.0. The van der Waals surface area contributed by atoms with E-state index in [-0.39, 0.29) is 17.8 Å². The second-order valence-electron chi connectivity index (χ2n) is 9.05. The smallest absolute Gasteiger partial charge is 0.369 e. The van der Waals surface area contributed by atoms with Crippen LogP contribution < -0.4 is 10.2 Å². The van der Waals surface area contributed by atoms with Gasteiger partial charge in [0.05, 0.1) is 17.3 Å². The fraction of sp³-hybridized carbons (Fsp3) is 0.346. The van der Waals surface area contributed by atoms with Gasteiger partial charge in [0.15, 0.2) is 5.78 Å². The number of nitrogens with zero attached hydrogens (tertiary/aromatic N) is 3. The van der Waals surface area contributed by atoms with Gasteiger partial charge in [-0.15, -0.1) is 0 Å². The number of rotatable bonds is 6. The Labute approximate surface area is 206 Å². The van der Waals surface area contributed by atoms with Crippen LogP contribution in [0.4, 0.5) is 24.5 Å². The van der Waals surface area contributed by atoms with Crippen molar-refractivity contribution < 1.29 is 27.3 Å². The predicted molar refractivity (Wildman–Crippen MR) is 130 cm³/mol. The summed E-state index contributed by atoms with van der Waals surface area (Å²) in [6, 6.07) is 8.49. The summed E-state index contributed by atoms with van der Waals surface area (Å²) in [5, 5.41) is 6.31. The second-order valence-corrected chi connectivity index (χ2v) is 9.05. The third kappa shape index (κ3) is 5.76. The van der Waals surface area contributed by atoms with E-state index in [9.17, 15) is 22.8 Å². The standard InChI is InChI=1S/C26H27F3N4O3/c1-16-10-21(5-4-18(16)13-24(34)23-15-30-36-17(23)2)31-25(35)19-11-20(26(27,28)29)14-22(12-19)33-8-6-32(3)7-9-33/h4-5,10-12,14-15H,6-9,13H2,1-3H3,(H,31,35). The minimum atomic E-state index is -4.58. The molecule has 1 fully saturated rings. The van der Waals surface area contributed by atoms with Gasteiger partial charge in [0.2, 0.25) is 0 Å². The summed E-state index contributed by atoms with van der Waals surface area (Å²) in [7, 11) is 1.96. The molecule has 0 spiro atoms. The molecule has 0 saturated carbocycles. The lowest BCUT2D eigenvalue weighted by molar-refractivity contribution is -0.137. The van der Waals surface area contributed by atoms with Crippen molar-refractivity contribution in [2.75, 3.05) is 43.4 Å². The van der Waals surface area contributed by atoms with E-state index >= 15 is 0 Å². The fourth-order valence-corrected chi connectivity index (χ4v) is 4.16. The maximum Gasteiger partial charge on any atom is 0.416 e. The van der Waals surface area contributed by atoms with Crippen molar-refractivity contribution in [3.63, 3.8) is 0 Å². The predicted octanol–water partition coefficient (Wildman–Crippen LogP) is 4.74. The molecule has 0 unspecified atom stereocenters. The maximum absolute atomic E-state index is 13.6. The molecule has 2 aromatic carbocycles. The number of halogens is 3. The molecule has 1 amide bonds. The summed E-state index contributed by atoms with van der Waals surface area (Å²) in [6.45, 7) is 6.06. The topological polar surface area (TPSA) is 78.7 Å². The molecule has 7 nitrogen and oxygen atoms in total. The highest BCUT2D eigenvalue weighted by atomic mass is 19.4. The Kier molecular flexibility index (Phi) is 7.16. The van der Waals surface area contributed by atoms with Gasteiger partial charge < -0.3 is 19.6 Å². The van der Waals surface area contributed by atoms with Crippen LogP contribution in [0.1, 0.15) is 43.2 Å². The van der Waals surface area contributed by atoms with Gasteiger partial charge in [0.1, 0.15) is 5.76 Å². The number of hydrogen-bond acceptors (Lipinski definition) is 6. The van der Waals surface area contributed by atoms with Gasteiger partial charge in [-0.25, -0.2) is 0 Å². The summed E-state index contributed by atoms with van der Waals surface area (Å²) in [6.07, 6.45) is -3.07. The molecule has 4 rings (SSSR count). The second kappa shape index (κ2) is 10.1. The highest BCUT2D eigenvalue weighted by Crippen LogP contribution is 2.33. The van der Waals surface area contributed by atoms with Crippen molar-refractivity contribution in [1.82, 2.24) is 10.1 Å². The van der Waals surface area contributed by atoms with Crippen LogP contribution in [0.2, 0.25) is 0 Å². The summed E-state index contributed by atoms with van der Waals surface area (Å²) < 4.78 is 45.7. The number of carbonyl (C=O) groups is 2. The Morgan fingerprint density at radius 2 is 1.78 bits per heavy atom. The zero-order valence-corrected chi connectivity index (χ0v) is 20.3. The van der Waals surface area contributed by atoms with Crippen LogP contribution in [-0.2, 0) is 12.6 Å². The molecule has 0 aliphatic carbocycles. The first kappa shape index (κ1) is 25.4. The van der Waals surface area contributed by atoms with Gasteiger partial charge in [-0.05, 0) is 62.4 Å². The number of amides is 1. The Morgan fingerprint density at radius 1 is 1.06 bits per heavy atom. The number of likely N-dealkylation sites (N-methyl/N-ethyl adjacent to an activating group) is 1. The van der Waals surface area contributed by atoms with Gasteiger partial charge in [0, 0.05) is 49.5 Å². The number of anilines is 2. The molecule has 2 heterocycles. The van der Waals surface area contributed by atoms with Gasteiger partial charge in [-0.3, -0.25) is 9.59 Å². The number of alkyl halides is 3. The third-order valence-electron chi connectivity index (χ3n) is 6.38. The molecular formula is C26H27F3N4O3. The van der Waals surface area contributed by atoms with Crippen molar-refractivity contribution >= 4 is 23.1 Å². The number of aromatic nitrogens is 1. The number of piperazine rings is 1. The minimum Gasteiger partial charge on any atom is -0.369 e. The van der Waals surface area contributed by atoms with Gasteiger partial charge in [-0.2, -0.15) is 13.2 Å². The fourth-order valence-electron chi connectivity index (χ4n) is 4.16. The summed E-state index contributed by atoms with van der Waals surface area (Å²) in [5.74, 6) is -0.340.